The maximum atomic E-state index is 13.3. The van der Waals surface area contributed by atoms with Crippen molar-refractivity contribution < 1.29 is 22.7 Å². The fraction of sp³-hybridized carbons (Fsp3) is 0.444. The summed E-state index contributed by atoms with van der Waals surface area (Å²) in [5, 5.41) is 4.89. The minimum atomic E-state index is -3.50. The molecule has 2 aliphatic heterocycles. The van der Waals surface area contributed by atoms with Crippen molar-refractivity contribution in [2.75, 3.05) is 56.2 Å². The molecule has 272 valence electrons. The van der Waals surface area contributed by atoms with E-state index in [1.165, 1.54) is 0 Å². The van der Waals surface area contributed by atoms with Crippen LogP contribution in [0.1, 0.15) is 28.9 Å². The van der Waals surface area contributed by atoms with Crippen molar-refractivity contribution in [3.8, 4) is 11.3 Å². The van der Waals surface area contributed by atoms with Gasteiger partial charge in [-0.15, -0.1) is 0 Å². The molecule has 15 heteroatoms. The fourth-order valence-electron chi connectivity index (χ4n) is 6.43. The van der Waals surface area contributed by atoms with Crippen LogP contribution < -0.4 is 14.9 Å². The lowest BCUT2D eigenvalue weighted by Gasteiger charge is -2.32. The van der Waals surface area contributed by atoms with Gasteiger partial charge in [-0.1, -0.05) is 38.4 Å². The number of hydrogen-bond acceptors (Lipinski definition) is 10. The number of morpholine rings is 1. The maximum absolute atomic E-state index is 13.3. The summed E-state index contributed by atoms with van der Waals surface area (Å²) in [5.74, 6) is 0.580. The molecular formula is C36H48N8O5SSi. The van der Waals surface area contributed by atoms with Gasteiger partial charge < -0.3 is 24.3 Å². The number of pyridine rings is 1. The highest BCUT2D eigenvalue weighted by molar-refractivity contribution is 7.92. The highest BCUT2D eigenvalue weighted by Gasteiger charge is 2.24. The summed E-state index contributed by atoms with van der Waals surface area (Å²) in [5.41, 5.74) is 4.61. The first kappa shape index (κ1) is 36.8. The van der Waals surface area contributed by atoms with E-state index in [4.69, 9.17) is 14.5 Å². The largest absolute Gasteiger partial charge is 0.378 e. The van der Waals surface area contributed by atoms with Crippen molar-refractivity contribution in [1.82, 2.24) is 29.1 Å². The Hall–Kier alpha value is -3.99. The van der Waals surface area contributed by atoms with Crippen molar-refractivity contribution in [1.29, 1.82) is 0 Å². The molecule has 2 saturated heterocycles. The Labute approximate surface area is 301 Å². The molecule has 2 N–H and O–H groups in total. The number of nitrogens with one attached hydrogen (secondary N) is 2. The molecule has 2 fully saturated rings. The zero-order valence-electron chi connectivity index (χ0n) is 29.7. The monoisotopic (exact) mass is 732 g/mol. The predicted molar refractivity (Wildman–Crippen MR) is 203 cm³/mol. The normalized spacial score (nSPS) is 17.5. The molecule has 0 saturated carbocycles. The molecule has 51 heavy (non-hydrogen) atoms. The molecule has 0 aliphatic carbocycles. The second kappa shape index (κ2) is 16.1. The summed E-state index contributed by atoms with van der Waals surface area (Å²) in [7, 11) is -4.75. The summed E-state index contributed by atoms with van der Waals surface area (Å²) >= 11 is 0. The van der Waals surface area contributed by atoms with E-state index in [0.29, 0.717) is 51.0 Å². The van der Waals surface area contributed by atoms with Gasteiger partial charge in [0, 0.05) is 64.2 Å². The lowest BCUT2D eigenvalue weighted by Crippen LogP contribution is -2.46. The van der Waals surface area contributed by atoms with Crippen LogP contribution >= 0.6 is 0 Å². The standard InChI is InChI=1S/C36H48N8O5SSi/c1-5-50(46,47)41-30-7-6-14-42(24-30)23-27-12-13-37-32(21-27)36(45)40-29-10-8-28(9-11-29)33-22-31-34(43-15-17-48-18-16-43)38-25-39-35(31)44(33)26-49-19-20-51(2,3)4/h5,8-13,21-22,25,30,41H,1,6-7,14-20,23-24,26H2,2-4H3,(H,40,45)/t30-/m1/s1. The Morgan fingerprint density at radius 3 is 2.61 bits per heavy atom. The van der Waals surface area contributed by atoms with E-state index in [9.17, 15) is 13.2 Å². The quantitative estimate of drug-likeness (QED) is 0.135. The molecule has 13 nitrogen and oxygen atoms in total. The highest BCUT2D eigenvalue weighted by atomic mass is 32.2. The van der Waals surface area contributed by atoms with Crippen molar-refractivity contribution in [2.45, 2.75) is 57.8 Å². The summed E-state index contributed by atoms with van der Waals surface area (Å²) in [6.45, 7) is 16.3. The molecule has 1 atom stereocenters. The minimum Gasteiger partial charge on any atom is -0.378 e. The van der Waals surface area contributed by atoms with Gasteiger partial charge in [0.15, 0.2) is 0 Å². The highest BCUT2D eigenvalue weighted by Crippen LogP contribution is 2.33. The van der Waals surface area contributed by atoms with E-state index in [2.05, 4.69) is 66.7 Å². The van der Waals surface area contributed by atoms with Crippen molar-refractivity contribution in [3.63, 3.8) is 0 Å². The van der Waals surface area contributed by atoms with Gasteiger partial charge in [-0.05, 0) is 66.9 Å². The molecule has 5 heterocycles. The molecule has 4 aromatic rings. The Balaban J connectivity index is 1.16. The Kier molecular flexibility index (Phi) is 11.6. The second-order valence-electron chi connectivity index (χ2n) is 14.3. The average molecular weight is 733 g/mol. The van der Waals surface area contributed by atoms with E-state index in [1.54, 1.807) is 18.6 Å². The molecule has 1 amide bonds. The number of anilines is 2. The number of nitrogens with zero attached hydrogens (tertiary/aromatic N) is 6. The number of likely N-dealkylation sites (tertiary alicyclic amines) is 1. The Bertz CT molecular complexity index is 1940. The lowest BCUT2D eigenvalue weighted by atomic mass is 10.1. The molecule has 6 rings (SSSR count). The van der Waals surface area contributed by atoms with Crippen LogP contribution in [0, 0.1) is 0 Å². The average Bonchev–Trinajstić information content (AvgIpc) is 3.49. The van der Waals surface area contributed by atoms with Gasteiger partial charge in [-0.2, -0.15) is 0 Å². The van der Waals surface area contributed by atoms with Crippen LogP contribution in [0.5, 0.6) is 0 Å². The Morgan fingerprint density at radius 2 is 1.86 bits per heavy atom. The topological polar surface area (TPSA) is 144 Å². The van der Waals surface area contributed by atoms with Crippen LogP contribution in [0.2, 0.25) is 25.7 Å². The third kappa shape index (κ3) is 9.67. The lowest BCUT2D eigenvalue weighted by molar-refractivity contribution is 0.0909. The number of piperidine rings is 1. The minimum absolute atomic E-state index is 0.183. The van der Waals surface area contributed by atoms with Crippen molar-refractivity contribution >= 4 is 46.5 Å². The van der Waals surface area contributed by atoms with E-state index in [1.807, 2.05) is 30.3 Å². The number of carbonyl (C=O) groups is 1. The zero-order chi connectivity index (χ0) is 36.0. The van der Waals surface area contributed by atoms with Gasteiger partial charge in [-0.25, -0.2) is 23.1 Å². The smallest absolute Gasteiger partial charge is 0.274 e. The number of aromatic nitrogens is 4. The first-order chi connectivity index (χ1) is 24.5. The van der Waals surface area contributed by atoms with Crippen molar-refractivity contribution in [2.24, 2.45) is 0 Å². The van der Waals surface area contributed by atoms with Gasteiger partial charge in [0.2, 0.25) is 10.0 Å². The molecule has 0 spiro atoms. The molecule has 0 unspecified atom stereocenters. The van der Waals surface area contributed by atoms with Crippen molar-refractivity contribution in [3.05, 3.63) is 78.2 Å². The fourth-order valence-corrected chi connectivity index (χ4v) is 7.94. The van der Waals surface area contributed by atoms with Crippen LogP contribution in [0.3, 0.4) is 0 Å². The third-order valence-corrected chi connectivity index (χ3v) is 12.0. The van der Waals surface area contributed by atoms with Gasteiger partial charge in [-0.3, -0.25) is 14.7 Å². The first-order valence-electron chi connectivity index (χ1n) is 17.5. The number of benzene rings is 1. The van der Waals surface area contributed by atoms with Gasteiger partial charge in [0.05, 0.1) is 24.3 Å². The summed E-state index contributed by atoms with van der Waals surface area (Å²) in [6, 6.07) is 14.4. The zero-order valence-corrected chi connectivity index (χ0v) is 31.5. The summed E-state index contributed by atoms with van der Waals surface area (Å²) in [4.78, 5) is 31.4. The molecule has 0 radical (unpaired) electrons. The first-order valence-corrected chi connectivity index (χ1v) is 22.7. The van der Waals surface area contributed by atoms with Crippen LogP contribution in [0.25, 0.3) is 22.3 Å². The van der Waals surface area contributed by atoms with Crippen LogP contribution in [0.15, 0.2) is 67.0 Å². The number of hydrogen-bond donors (Lipinski definition) is 2. The van der Waals surface area contributed by atoms with Crippen LogP contribution in [-0.4, -0.2) is 98.9 Å². The second-order valence-corrected chi connectivity index (χ2v) is 21.6. The van der Waals surface area contributed by atoms with Gasteiger partial charge in [0.1, 0.15) is 30.2 Å². The van der Waals surface area contributed by atoms with E-state index in [-0.39, 0.29) is 11.9 Å². The SMILES string of the molecule is C=CS(=O)(=O)N[C@@H]1CCCN(Cc2ccnc(C(=O)Nc3ccc(-c4cc5c(N6CCOCC6)ncnc5n4COCC[Si](C)(C)C)cc3)c2)C1. The molecule has 3 aromatic heterocycles. The van der Waals surface area contributed by atoms with Gasteiger partial charge in [0.25, 0.3) is 5.91 Å². The van der Waals surface area contributed by atoms with E-state index < -0.39 is 18.1 Å². The molecule has 0 bridgehead atoms. The van der Waals surface area contributed by atoms with E-state index in [0.717, 1.165) is 77.6 Å². The van der Waals surface area contributed by atoms with Crippen LogP contribution in [0.4, 0.5) is 11.5 Å². The number of amides is 1. The summed E-state index contributed by atoms with van der Waals surface area (Å²) < 4.78 is 40.6. The summed E-state index contributed by atoms with van der Waals surface area (Å²) in [6.07, 6.45) is 4.89. The Morgan fingerprint density at radius 1 is 1.08 bits per heavy atom. The molecular weight excluding hydrogens is 685 g/mol. The molecule has 2 aliphatic rings. The predicted octanol–water partition coefficient (Wildman–Crippen LogP) is 4.92. The number of carbonyl (C=O) groups excluding carboxylic acids is 1. The number of fused-ring (bicyclic) bond motifs is 1. The van der Waals surface area contributed by atoms with Crippen LogP contribution in [-0.2, 0) is 32.8 Å². The number of ether oxygens (including phenoxy) is 2. The number of sulfonamides is 1. The van der Waals surface area contributed by atoms with Gasteiger partial charge >= 0.3 is 0 Å². The van der Waals surface area contributed by atoms with E-state index >= 15 is 0 Å². The maximum Gasteiger partial charge on any atom is 0.274 e. The molecule has 1 aromatic carbocycles. The number of rotatable bonds is 14. The third-order valence-electron chi connectivity index (χ3n) is 9.15.